The lowest BCUT2D eigenvalue weighted by Crippen LogP contribution is -2.35. The van der Waals surface area contributed by atoms with Gasteiger partial charge in [0, 0.05) is 12.2 Å². The van der Waals surface area contributed by atoms with Crippen molar-refractivity contribution in [3.05, 3.63) is 22.3 Å². The lowest BCUT2D eigenvalue weighted by atomic mass is 10.0. The maximum absolute atomic E-state index is 5.72. The van der Waals surface area contributed by atoms with E-state index >= 15 is 0 Å². The van der Waals surface area contributed by atoms with Crippen molar-refractivity contribution in [2.75, 3.05) is 13.2 Å². The lowest BCUT2D eigenvalue weighted by Gasteiger charge is -2.23. The first-order valence-corrected chi connectivity index (χ1v) is 7.04. The Labute approximate surface area is 111 Å². The van der Waals surface area contributed by atoms with Crippen molar-refractivity contribution in [2.45, 2.75) is 38.6 Å². The van der Waals surface area contributed by atoms with Crippen molar-refractivity contribution in [2.24, 2.45) is 0 Å². The van der Waals surface area contributed by atoms with E-state index < -0.39 is 0 Å². The quantitative estimate of drug-likeness (QED) is 0.928. The second kappa shape index (κ2) is 6.36. The summed E-state index contributed by atoms with van der Waals surface area (Å²) in [5.41, 5.74) is 1.16. The minimum Gasteiger partial charge on any atom is -0.477 e. The number of piperidine rings is 1. The van der Waals surface area contributed by atoms with Crippen LogP contribution in [0.2, 0.25) is 0 Å². The molecule has 1 N–H and O–H groups in total. The van der Waals surface area contributed by atoms with Gasteiger partial charge in [-0.25, -0.2) is 4.98 Å². The Bertz CT molecular complexity index is 364. The number of hydrogen-bond acceptors (Lipinski definition) is 3. The largest absolute Gasteiger partial charge is 0.477 e. The third-order valence-corrected chi connectivity index (χ3v) is 4.13. The molecule has 1 saturated heterocycles. The van der Waals surface area contributed by atoms with Crippen molar-refractivity contribution >= 4 is 15.9 Å². The van der Waals surface area contributed by atoms with E-state index in [1.54, 1.807) is 6.20 Å². The van der Waals surface area contributed by atoms with Gasteiger partial charge in [0.15, 0.2) is 0 Å². The molecular formula is C13H19BrN2O. The van der Waals surface area contributed by atoms with Gasteiger partial charge in [-0.2, -0.15) is 0 Å². The number of nitrogens with one attached hydrogen (secondary N) is 1. The predicted molar refractivity (Wildman–Crippen MR) is 72.4 cm³/mol. The van der Waals surface area contributed by atoms with Gasteiger partial charge in [0.1, 0.15) is 0 Å². The number of nitrogens with zero attached hydrogens (tertiary/aromatic N) is 1. The standard InChI is InChI=1S/C13H19BrN2O/c1-10-5-8-16-13(12(10)14)17-9-6-11-4-2-3-7-15-11/h5,8,11,15H,2-4,6-7,9H2,1H3. The molecule has 1 atom stereocenters. The van der Waals surface area contributed by atoms with Crippen LogP contribution in [0.1, 0.15) is 31.2 Å². The zero-order valence-corrected chi connectivity index (χ0v) is 11.8. The molecule has 3 nitrogen and oxygen atoms in total. The van der Waals surface area contributed by atoms with Gasteiger partial charge in [-0.05, 0) is 60.3 Å². The summed E-state index contributed by atoms with van der Waals surface area (Å²) in [6.07, 6.45) is 6.76. The minimum atomic E-state index is 0.618. The van der Waals surface area contributed by atoms with Crippen LogP contribution >= 0.6 is 15.9 Å². The maximum Gasteiger partial charge on any atom is 0.228 e. The third kappa shape index (κ3) is 3.68. The summed E-state index contributed by atoms with van der Waals surface area (Å²) in [7, 11) is 0. The average molecular weight is 299 g/mol. The highest BCUT2D eigenvalue weighted by Crippen LogP contribution is 2.25. The summed E-state index contributed by atoms with van der Waals surface area (Å²) in [5, 5.41) is 3.52. The SMILES string of the molecule is Cc1ccnc(OCCC2CCCCN2)c1Br. The van der Waals surface area contributed by atoms with E-state index in [-0.39, 0.29) is 0 Å². The number of pyridine rings is 1. The molecular weight excluding hydrogens is 280 g/mol. The number of halogens is 1. The van der Waals surface area contributed by atoms with Crippen molar-refractivity contribution in [3.8, 4) is 5.88 Å². The molecule has 0 saturated carbocycles. The summed E-state index contributed by atoms with van der Waals surface area (Å²) in [6, 6.07) is 2.59. The van der Waals surface area contributed by atoms with Crippen LogP contribution in [0.5, 0.6) is 5.88 Å². The molecule has 94 valence electrons. The van der Waals surface area contributed by atoms with Gasteiger partial charge < -0.3 is 10.1 Å². The van der Waals surface area contributed by atoms with Crippen LogP contribution in [-0.4, -0.2) is 24.2 Å². The highest BCUT2D eigenvalue weighted by Gasteiger charge is 2.13. The predicted octanol–water partition coefficient (Wildman–Crippen LogP) is 3.06. The molecule has 0 aromatic carbocycles. The lowest BCUT2D eigenvalue weighted by molar-refractivity contribution is 0.259. The van der Waals surface area contributed by atoms with Gasteiger partial charge >= 0.3 is 0 Å². The zero-order valence-electron chi connectivity index (χ0n) is 10.2. The number of rotatable bonds is 4. The first-order valence-electron chi connectivity index (χ1n) is 6.24. The summed E-state index contributed by atoms with van der Waals surface area (Å²) < 4.78 is 6.69. The second-order valence-corrected chi connectivity index (χ2v) is 5.32. The van der Waals surface area contributed by atoms with E-state index in [4.69, 9.17) is 4.74 Å². The van der Waals surface area contributed by atoms with Gasteiger partial charge in [0.05, 0.1) is 11.1 Å². The number of hydrogen-bond donors (Lipinski definition) is 1. The molecule has 2 rings (SSSR count). The van der Waals surface area contributed by atoms with Crippen LogP contribution in [0.25, 0.3) is 0 Å². The molecule has 1 aromatic heterocycles. The Kier molecular flexibility index (Phi) is 4.80. The van der Waals surface area contributed by atoms with Crippen molar-refractivity contribution in [3.63, 3.8) is 0 Å². The molecule has 1 aromatic rings. The van der Waals surface area contributed by atoms with Crippen molar-refractivity contribution in [1.82, 2.24) is 10.3 Å². The minimum absolute atomic E-state index is 0.618. The molecule has 0 spiro atoms. The van der Waals surface area contributed by atoms with Crippen LogP contribution in [0.15, 0.2) is 16.7 Å². The summed E-state index contributed by atoms with van der Waals surface area (Å²) in [4.78, 5) is 4.23. The van der Waals surface area contributed by atoms with E-state index in [0.29, 0.717) is 11.9 Å². The Morgan fingerprint density at radius 1 is 1.53 bits per heavy atom. The molecule has 2 heterocycles. The first kappa shape index (κ1) is 12.8. The van der Waals surface area contributed by atoms with Crippen LogP contribution in [0, 0.1) is 6.92 Å². The fourth-order valence-corrected chi connectivity index (χ4v) is 2.43. The highest BCUT2D eigenvalue weighted by atomic mass is 79.9. The third-order valence-electron chi connectivity index (χ3n) is 3.17. The molecule has 1 unspecified atom stereocenters. The molecule has 1 aliphatic heterocycles. The van der Waals surface area contributed by atoms with Crippen molar-refractivity contribution < 1.29 is 4.74 Å². The summed E-state index contributed by atoms with van der Waals surface area (Å²) in [5.74, 6) is 0.709. The van der Waals surface area contributed by atoms with Gasteiger partial charge in [-0.3, -0.25) is 0 Å². The summed E-state index contributed by atoms with van der Waals surface area (Å²) in [6.45, 7) is 3.92. The van der Waals surface area contributed by atoms with Gasteiger partial charge in [-0.1, -0.05) is 6.42 Å². The number of aryl methyl sites for hydroxylation is 1. The van der Waals surface area contributed by atoms with Crippen LogP contribution in [-0.2, 0) is 0 Å². The zero-order chi connectivity index (χ0) is 12.1. The first-order chi connectivity index (χ1) is 8.27. The molecule has 1 fully saturated rings. The van der Waals surface area contributed by atoms with Gasteiger partial charge in [-0.15, -0.1) is 0 Å². The number of aromatic nitrogens is 1. The molecule has 17 heavy (non-hydrogen) atoms. The molecule has 0 bridgehead atoms. The Morgan fingerprint density at radius 2 is 2.41 bits per heavy atom. The highest BCUT2D eigenvalue weighted by molar-refractivity contribution is 9.10. The fourth-order valence-electron chi connectivity index (χ4n) is 2.08. The molecule has 0 aliphatic carbocycles. The molecule has 0 amide bonds. The summed E-state index contributed by atoms with van der Waals surface area (Å²) >= 11 is 3.50. The Balaban J connectivity index is 1.79. The van der Waals surface area contributed by atoms with Gasteiger partial charge in [0.2, 0.25) is 5.88 Å². The van der Waals surface area contributed by atoms with Crippen molar-refractivity contribution in [1.29, 1.82) is 0 Å². The normalized spacial score (nSPS) is 20.2. The van der Waals surface area contributed by atoms with Crippen LogP contribution < -0.4 is 10.1 Å². The maximum atomic E-state index is 5.72. The monoisotopic (exact) mass is 298 g/mol. The molecule has 0 radical (unpaired) electrons. The Morgan fingerprint density at radius 3 is 3.18 bits per heavy atom. The fraction of sp³-hybridized carbons (Fsp3) is 0.615. The smallest absolute Gasteiger partial charge is 0.228 e. The Hall–Kier alpha value is -0.610. The molecule has 1 aliphatic rings. The van der Waals surface area contributed by atoms with E-state index in [2.05, 4.69) is 26.2 Å². The van der Waals surface area contributed by atoms with Gasteiger partial charge in [0.25, 0.3) is 0 Å². The van der Waals surface area contributed by atoms with E-state index in [0.717, 1.165) is 29.6 Å². The van der Waals surface area contributed by atoms with E-state index in [9.17, 15) is 0 Å². The van der Waals surface area contributed by atoms with Crippen LogP contribution in [0.4, 0.5) is 0 Å². The topological polar surface area (TPSA) is 34.1 Å². The van der Waals surface area contributed by atoms with Crippen LogP contribution in [0.3, 0.4) is 0 Å². The van der Waals surface area contributed by atoms with E-state index in [1.165, 1.54) is 19.3 Å². The second-order valence-electron chi connectivity index (χ2n) is 4.53. The number of ether oxygens (including phenoxy) is 1. The van der Waals surface area contributed by atoms with E-state index in [1.807, 2.05) is 13.0 Å². The molecule has 4 heteroatoms. The average Bonchev–Trinajstić information content (AvgIpc) is 2.36.